The third-order valence-corrected chi connectivity index (χ3v) is 1.74. The lowest BCUT2D eigenvalue weighted by molar-refractivity contribution is -0.142. The number of amides is 1. The van der Waals surface area contributed by atoms with Crippen molar-refractivity contribution in [3.05, 3.63) is 0 Å². The summed E-state index contributed by atoms with van der Waals surface area (Å²) in [6.07, 6.45) is 0.116. The molecule has 0 unspecified atom stereocenters. The summed E-state index contributed by atoms with van der Waals surface area (Å²) in [7, 11) is 1.57. The molecule has 64 valence electrons. The van der Waals surface area contributed by atoms with Gasteiger partial charge in [0.05, 0.1) is 19.1 Å². The third-order valence-electron chi connectivity index (χ3n) is 1.74. The smallest absolute Gasteiger partial charge is 0.225 e. The van der Waals surface area contributed by atoms with Crippen molar-refractivity contribution in [2.24, 2.45) is 0 Å². The molecular formula is C7H13NO3. The molecule has 1 fully saturated rings. The first-order chi connectivity index (χ1) is 5.24. The SMILES string of the molecule is COCCC(=O)N1CC(O)C1. The summed E-state index contributed by atoms with van der Waals surface area (Å²) in [5.41, 5.74) is 0. The summed E-state index contributed by atoms with van der Waals surface area (Å²) < 4.78 is 4.75. The molecule has 0 spiro atoms. The predicted molar refractivity (Wildman–Crippen MR) is 39.1 cm³/mol. The first kappa shape index (κ1) is 8.49. The number of methoxy groups -OCH3 is 1. The minimum atomic E-state index is -0.304. The summed E-state index contributed by atoms with van der Waals surface area (Å²) >= 11 is 0. The van der Waals surface area contributed by atoms with Crippen LogP contribution in [0.15, 0.2) is 0 Å². The van der Waals surface area contributed by atoms with Gasteiger partial charge in [-0.05, 0) is 0 Å². The van der Waals surface area contributed by atoms with Gasteiger partial charge in [0.15, 0.2) is 0 Å². The van der Waals surface area contributed by atoms with Gasteiger partial charge < -0.3 is 14.7 Å². The minimum Gasteiger partial charge on any atom is -0.389 e. The zero-order valence-corrected chi connectivity index (χ0v) is 6.62. The van der Waals surface area contributed by atoms with E-state index in [4.69, 9.17) is 9.84 Å². The normalized spacial score (nSPS) is 18.2. The summed E-state index contributed by atoms with van der Waals surface area (Å²) in [4.78, 5) is 12.7. The van der Waals surface area contributed by atoms with Crippen molar-refractivity contribution < 1.29 is 14.6 Å². The van der Waals surface area contributed by atoms with E-state index in [2.05, 4.69) is 0 Å². The van der Waals surface area contributed by atoms with Crippen LogP contribution in [0, 0.1) is 0 Å². The number of aliphatic hydroxyl groups is 1. The minimum absolute atomic E-state index is 0.0668. The van der Waals surface area contributed by atoms with Crippen LogP contribution in [0.5, 0.6) is 0 Å². The Morgan fingerprint density at radius 1 is 1.73 bits per heavy atom. The molecule has 1 aliphatic rings. The summed E-state index contributed by atoms with van der Waals surface area (Å²) in [5, 5.41) is 8.87. The lowest BCUT2D eigenvalue weighted by Crippen LogP contribution is -2.53. The number of ether oxygens (including phenoxy) is 1. The number of hydrogen-bond donors (Lipinski definition) is 1. The fraction of sp³-hybridized carbons (Fsp3) is 0.857. The molecule has 0 atom stereocenters. The maximum absolute atomic E-state index is 11.1. The summed E-state index contributed by atoms with van der Waals surface area (Å²) in [6, 6.07) is 0. The molecular weight excluding hydrogens is 146 g/mol. The van der Waals surface area contributed by atoms with Crippen LogP contribution >= 0.6 is 0 Å². The number of nitrogens with zero attached hydrogens (tertiary/aromatic N) is 1. The molecule has 4 heteroatoms. The Hall–Kier alpha value is -0.610. The van der Waals surface area contributed by atoms with Gasteiger partial charge in [-0.25, -0.2) is 0 Å². The second-order valence-electron chi connectivity index (χ2n) is 2.70. The van der Waals surface area contributed by atoms with Crippen LogP contribution in [0.3, 0.4) is 0 Å². The first-order valence-electron chi connectivity index (χ1n) is 3.69. The molecule has 1 saturated heterocycles. The number of hydrogen-bond acceptors (Lipinski definition) is 3. The van der Waals surface area contributed by atoms with Crippen LogP contribution < -0.4 is 0 Å². The van der Waals surface area contributed by atoms with E-state index in [-0.39, 0.29) is 12.0 Å². The number of carbonyl (C=O) groups excluding carboxylic acids is 1. The molecule has 0 aromatic carbocycles. The Morgan fingerprint density at radius 2 is 2.36 bits per heavy atom. The Kier molecular flexibility index (Phi) is 2.84. The Balaban J connectivity index is 2.11. The number of carbonyl (C=O) groups is 1. The number of aliphatic hydroxyl groups excluding tert-OH is 1. The van der Waals surface area contributed by atoms with E-state index in [9.17, 15) is 4.79 Å². The molecule has 1 aliphatic heterocycles. The van der Waals surface area contributed by atoms with E-state index < -0.39 is 0 Å². The van der Waals surface area contributed by atoms with E-state index in [1.54, 1.807) is 12.0 Å². The molecule has 1 heterocycles. The van der Waals surface area contributed by atoms with Gasteiger partial charge in [-0.15, -0.1) is 0 Å². The van der Waals surface area contributed by atoms with Crippen molar-refractivity contribution in [1.29, 1.82) is 0 Å². The molecule has 0 aromatic heterocycles. The third kappa shape index (κ3) is 2.17. The molecule has 0 aliphatic carbocycles. The van der Waals surface area contributed by atoms with E-state index in [0.717, 1.165) is 0 Å². The largest absolute Gasteiger partial charge is 0.389 e. The lowest BCUT2D eigenvalue weighted by Gasteiger charge is -2.35. The monoisotopic (exact) mass is 159 g/mol. The van der Waals surface area contributed by atoms with Crippen LogP contribution in [-0.4, -0.2) is 48.8 Å². The maximum atomic E-state index is 11.1. The highest BCUT2D eigenvalue weighted by molar-refractivity contribution is 5.77. The molecule has 0 bridgehead atoms. The molecule has 4 nitrogen and oxygen atoms in total. The highest BCUT2D eigenvalue weighted by Crippen LogP contribution is 2.08. The van der Waals surface area contributed by atoms with Gasteiger partial charge in [0, 0.05) is 20.2 Å². The van der Waals surface area contributed by atoms with Crippen LogP contribution in [0.2, 0.25) is 0 Å². The average molecular weight is 159 g/mol. The summed E-state index contributed by atoms with van der Waals surface area (Å²) in [5.74, 6) is 0.0668. The van der Waals surface area contributed by atoms with Crippen LogP contribution in [0.1, 0.15) is 6.42 Å². The molecule has 0 radical (unpaired) electrons. The van der Waals surface area contributed by atoms with Gasteiger partial charge in [-0.1, -0.05) is 0 Å². The van der Waals surface area contributed by atoms with Gasteiger partial charge in [-0.3, -0.25) is 4.79 Å². The highest BCUT2D eigenvalue weighted by Gasteiger charge is 2.27. The topological polar surface area (TPSA) is 49.8 Å². The zero-order valence-electron chi connectivity index (χ0n) is 6.62. The standard InChI is InChI=1S/C7H13NO3/c1-11-3-2-7(10)8-4-6(9)5-8/h6,9H,2-5H2,1H3. The lowest BCUT2D eigenvalue weighted by atomic mass is 10.1. The highest BCUT2D eigenvalue weighted by atomic mass is 16.5. The van der Waals surface area contributed by atoms with Crippen LogP contribution in [-0.2, 0) is 9.53 Å². The Morgan fingerprint density at radius 3 is 2.82 bits per heavy atom. The first-order valence-corrected chi connectivity index (χ1v) is 3.69. The average Bonchev–Trinajstić information content (AvgIpc) is 1.94. The van der Waals surface area contributed by atoms with E-state index in [0.29, 0.717) is 26.1 Å². The van der Waals surface area contributed by atoms with Gasteiger partial charge in [0.2, 0.25) is 5.91 Å². The van der Waals surface area contributed by atoms with Crippen LogP contribution in [0.25, 0.3) is 0 Å². The van der Waals surface area contributed by atoms with Crippen molar-refractivity contribution in [2.45, 2.75) is 12.5 Å². The molecule has 0 aromatic rings. The van der Waals surface area contributed by atoms with Crippen molar-refractivity contribution in [1.82, 2.24) is 4.90 Å². The van der Waals surface area contributed by atoms with E-state index >= 15 is 0 Å². The van der Waals surface area contributed by atoms with Crippen molar-refractivity contribution >= 4 is 5.91 Å². The number of likely N-dealkylation sites (tertiary alicyclic amines) is 1. The van der Waals surface area contributed by atoms with E-state index in [1.807, 2.05) is 0 Å². The Bertz CT molecular complexity index is 143. The second kappa shape index (κ2) is 3.69. The van der Waals surface area contributed by atoms with Gasteiger partial charge in [-0.2, -0.15) is 0 Å². The fourth-order valence-electron chi connectivity index (χ4n) is 1.01. The Labute approximate surface area is 65.8 Å². The molecule has 1 amide bonds. The molecule has 1 N–H and O–H groups in total. The quantitative estimate of drug-likeness (QED) is 0.588. The van der Waals surface area contributed by atoms with Gasteiger partial charge >= 0.3 is 0 Å². The van der Waals surface area contributed by atoms with Crippen LogP contribution in [0.4, 0.5) is 0 Å². The van der Waals surface area contributed by atoms with Crippen molar-refractivity contribution in [3.8, 4) is 0 Å². The zero-order chi connectivity index (χ0) is 8.27. The molecule has 1 rings (SSSR count). The van der Waals surface area contributed by atoms with Crippen molar-refractivity contribution in [3.63, 3.8) is 0 Å². The predicted octanol–water partition coefficient (Wildman–Crippen LogP) is -0.774. The van der Waals surface area contributed by atoms with Gasteiger partial charge in [0.25, 0.3) is 0 Å². The molecule has 0 saturated carbocycles. The second-order valence-corrected chi connectivity index (χ2v) is 2.70. The van der Waals surface area contributed by atoms with E-state index in [1.165, 1.54) is 0 Å². The summed E-state index contributed by atoms with van der Waals surface area (Å²) in [6.45, 7) is 1.44. The number of β-amino-alcohol motifs (C(OH)–C–C–N with tert-alkyl or cyclic N) is 1. The van der Waals surface area contributed by atoms with Gasteiger partial charge in [0.1, 0.15) is 0 Å². The fourth-order valence-corrected chi connectivity index (χ4v) is 1.01. The number of rotatable bonds is 3. The van der Waals surface area contributed by atoms with Crippen molar-refractivity contribution in [2.75, 3.05) is 26.8 Å². The maximum Gasteiger partial charge on any atom is 0.225 e. The molecule has 11 heavy (non-hydrogen) atoms.